The summed E-state index contributed by atoms with van der Waals surface area (Å²) in [5.41, 5.74) is -0.329. The molecule has 4 heteroatoms. The maximum atomic E-state index is 11.8. The van der Waals surface area contributed by atoms with Gasteiger partial charge in [-0.1, -0.05) is 12.2 Å². The molecule has 0 radical (unpaired) electrons. The largest absolute Gasteiger partial charge is 0.438 e. The van der Waals surface area contributed by atoms with E-state index in [2.05, 4.69) is 0 Å². The molecule has 0 heterocycles. The second kappa shape index (κ2) is 4.26. The molecular formula is C13H18O4. The molecule has 3 unspecified atom stereocenters. The molecule has 2 aliphatic carbocycles. The van der Waals surface area contributed by atoms with Crippen molar-refractivity contribution < 1.29 is 19.1 Å². The van der Waals surface area contributed by atoms with Crippen molar-refractivity contribution in [3.05, 3.63) is 12.2 Å². The summed E-state index contributed by atoms with van der Waals surface area (Å²) in [6.07, 6.45) is 4.31. The average Bonchev–Trinajstić information content (AvgIpc) is 2.72. The molecule has 0 aliphatic heterocycles. The number of fused-ring (bicyclic) bond motifs is 2. The third-order valence-corrected chi connectivity index (χ3v) is 3.18. The van der Waals surface area contributed by atoms with Crippen LogP contribution in [0, 0.1) is 17.8 Å². The quantitative estimate of drug-likeness (QED) is 0.426. The maximum Gasteiger partial charge on any atom is 0.312 e. The lowest BCUT2D eigenvalue weighted by Crippen LogP contribution is -2.27. The molecule has 94 valence electrons. The van der Waals surface area contributed by atoms with Gasteiger partial charge in [0.15, 0.2) is 6.79 Å². The Balaban J connectivity index is 1.82. The van der Waals surface area contributed by atoms with Gasteiger partial charge >= 0.3 is 5.97 Å². The number of rotatable bonds is 3. The van der Waals surface area contributed by atoms with Gasteiger partial charge in [-0.15, -0.1) is 0 Å². The van der Waals surface area contributed by atoms with E-state index in [-0.39, 0.29) is 41.9 Å². The number of Topliss-reactive ketones (excluding diaryl/α,β-unsaturated/α-hetero) is 1. The van der Waals surface area contributed by atoms with Crippen LogP contribution in [0.4, 0.5) is 0 Å². The van der Waals surface area contributed by atoms with Crippen molar-refractivity contribution in [1.82, 2.24) is 0 Å². The Labute approximate surface area is 101 Å². The number of esters is 1. The van der Waals surface area contributed by atoms with Crippen LogP contribution in [0.15, 0.2) is 12.2 Å². The summed E-state index contributed by atoms with van der Waals surface area (Å²) in [5, 5.41) is 0. The molecule has 1 saturated carbocycles. The molecule has 17 heavy (non-hydrogen) atoms. The summed E-state index contributed by atoms with van der Waals surface area (Å²) < 4.78 is 10.4. The van der Waals surface area contributed by atoms with Gasteiger partial charge in [0.25, 0.3) is 0 Å². The van der Waals surface area contributed by atoms with Crippen molar-refractivity contribution in [2.45, 2.75) is 32.8 Å². The molecule has 4 nitrogen and oxygen atoms in total. The fourth-order valence-electron chi connectivity index (χ4n) is 2.25. The molecule has 3 atom stereocenters. The van der Waals surface area contributed by atoms with Crippen LogP contribution in [0.3, 0.4) is 0 Å². The summed E-state index contributed by atoms with van der Waals surface area (Å²) in [6, 6.07) is 0. The predicted octanol–water partition coefficient (Wildman–Crippen LogP) is 1.69. The molecule has 0 spiro atoms. The monoisotopic (exact) mass is 238 g/mol. The summed E-state index contributed by atoms with van der Waals surface area (Å²) in [5.74, 6) is -0.799. The van der Waals surface area contributed by atoms with Crippen LogP contribution < -0.4 is 0 Å². The van der Waals surface area contributed by atoms with Gasteiger partial charge in [0.2, 0.25) is 0 Å². The molecule has 0 aromatic carbocycles. The number of carbonyl (C=O) groups is 2. The van der Waals surface area contributed by atoms with Crippen molar-refractivity contribution in [3.8, 4) is 0 Å². The van der Waals surface area contributed by atoms with Crippen LogP contribution in [-0.4, -0.2) is 24.1 Å². The van der Waals surface area contributed by atoms with Crippen molar-refractivity contribution >= 4 is 11.8 Å². The van der Waals surface area contributed by atoms with Crippen LogP contribution in [-0.2, 0) is 19.1 Å². The van der Waals surface area contributed by atoms with E-state index in [1.165, 1.54) is 0 Å². The number of allylic oxidation sites excluding steroid dienone is 2. The van der Waals surface area contributed by atoms with Crippen LogP contribution in [0.25, 0.3) is 0 Å². The van der Waals surface area contributed by atoms with Crippen LogP contribution in [0.1, 0.15) is 27.2 Å². The molecule has 2 rings (SSSR count). The molecular weight excluding hydrogens is 220 g/mol. The number of ketones is 1. The third kappa shape index (κ3) is 2.57. The minimum atomic E-state index is -0.329. The molecule has 0 aromatic heterocycles. The number of hydrogen-bond acceptors (Lipinski definition) is 4. The lowest BCUT2D eigenvalue weighted by atomic mass is 9.94. The molecule has 2 aliphatic rings. The third-order valence-electron chi connectivity index (χ3n) is 3.18. The smallest absolute Gasteiger partial charge is 0.312 e. The van der Waals surface area contributed by atoms with Gasteiger partial charge in [0.05, 0.1) is 11.5 Å². The van der Waals surface area contributed by atoms with Gasteiger partial charge in [0, 0.05) is 11.8 Å². The summed E-state index contributed by atoms with van der Waals surface area (Å²) >= 11 is 0. The highest BCUT2D eigenvalue weighted by atomic mass is 16.7. The first-order valence-corrected chi connectivity index (χ1v) is 5.91. The summed E-state index contributed by atoms with van der Waals surface area (Å²) in [6.45, 7) is 5.63. The first-order valence-electron chi connectivity index (χ1n) is 5.91. The highest BCUT2D eigenvalue weighted by Gasteiger charge is 2.47. The van der Waals surface area contributed by atoms with Crippen molar-refractivity contribution in [1.29, 1.82) is 0 Å². The second-order valence-corrected chi connectivity index (χ2v) is 5.60. The van der Waals surface area contributed by atoms with E-state index >= 15 is 0 Å². The number of ether oxygens (including phenoxy) is 2. The van der Waals surface area contributed by atoms with E-state index in [1.54, 1.807) is 0 Å². The van der Waals surface area contributed by atoms with Crippen LogP contribution in [0.2, 0.25) is 0 Å². The second-order valence-electron chi connectivity index (χ2n) is 5.60. The minimum absolute atomic E-state index is 0.0475. The Morgan fingerprint density at radius 3 is 2.59 bits per heavy atom. The molecule has 2 bridgehead atoms. The Hall–Kier alpha value is -1.16. The van der Waals surface area contributed by atoms with E-state index in [1.807, 2.05) is 32.9 Å². The SMILES string of the molecule is CC(C)(C)OCOC(=O)C1CC2C=CC1C2=O. The standard InChI is InChI=1S/C13H18O4/c1-13(2,3)17-7-16-12(15)10-6-8-4-5-9(10)11(8)14/h4-5,8-10H,6-7H2,1-3H3. The Kier molecular flexibility index (Phi) is 3.08. The fourth-order valence-corrected chi connectivity index (χ4v) is 2.25. The Morgan fingerprint density at radius 1 is 1.41 bits per heavy atom. The Morgan fingerprint density at radius 2 is 2.12 bits per heavy atom. The maximum absolute atomic E-state index is 11.8. The van der Waals surface area contributed by atoms with E-state index in [0.717, 1.165) is 0 Å². The first-order chi connectivity index (χ1) is 7.88. The minimum Gasteiger partial charge on any atom is -0.438 e. The number of carbonyl (C=O) groups excluding carboxylic acids is 2. The van der Waals surface area contributed by atoms with Crippen LogP contribution >= 0.6 is 0 Å². The zero-order chi connectivity index (χ0) is 12.6. The molecule has 0 saturated heterocycles. The predicted molar refractivity (Wildman–Crippen MR) is 61.0 cm³/mol. The summed E-state index contributed by atoms with van der Waals surface area (Å²) in [4.78, 5) is 23.4. The molecule has 1 fully saturated rings. The topological polar surface area (TPSA) is 52.6 Å². The molecule has 0 aromatic rings. The zero-order valence-corrected chi connectivity index (χ0v) is 10.4. The van der Waals surface area contributed by atoms with Gasteiger partial charge < -0.3 is 9.47 Å². The van der Waals surface area contributed by atoms with Gasteiger partial charge in [-0.3, -0.25) is 9.59 Å². The van der Waals surface area contributed by atoms with Gasteiger partial charge in [-0.05, 0) is 27.2 Å². The fraction of sp³-hybridized carbons (Fsp3) is 0.692. The van der Waals surface area contributed by atoms with Crippen LogP contribution in [0.5, 0.6) is 0 Å². The van der Waals surface area contributed by atoms with E-state index < -0.39 is 0 Å². The highest BCUT2D eigenvalue weighted by Crippen LogP contribution is 2.41. The van der Waals surface area contributed by atoms with Gasteiger partial charge in [-0.2, -0.15) is 0 Å². The van der Waals surface area contributed by atoms with Crippen molar-refractivity contribution in [2.75, 3.05) is 6.79 Å². The van der Waals surface area contributed by atoms with Gasteiger partial charge in [-0.25, -0.2) is 0 Å². The highest BCUT2D eigenvalue weighted by molar-refractivity contribution is 5.96. The lowest BCUT2D eigenvalue weighted by molar-refractivity contribution is -0.172. The van der Waals surface area contributed by atoms with Crippen molar-refractivity contribution in [2.24, 2.45) is 17.8 Å². The normalized spacial score (nSPS) is 31.0. The number of hydrogen-bond donors (Lipinski definition) is 0. The molecule has 0 amide bonds. The first kappa shape index (κ1) is 12.3. The van der Waals surface area contributed by atoms with E-state index in [0.29, 0.717) is 6.42 Å². The van der Waals surface area contributed by atoms with Crippen molar-refractivity contribution in [3.63, 3.8) is 0 Å². The Bertz CT molecular complexity index is 364. The summed E-state index contributed by atoms with van der Waals surface area (Å²) in [7, 11) is 0. The van der Waals surface area contributed by atoms with E-state index in [4.69, 9.17) is 9.47 Å². The molecule has 0 N–H and O–H groups in total. The average molecular weight is 238 g/mol. The van der Waals surface area contributed by atoms with Gasteiger partial charge in [0.1, 0.15) is 5.78 Å². The lowest BCUT2D eigenvalue weighted by Gasteiger charge is -2.21. The van der Waals surface area contributed by atoms with E-state index in [9.17, 15) is 9.59 Å². The zero-order valence-electron chi connectivity index (χ0n) is 10.4.